The second kappa shape index (κ2) is 5.02. The molecule has 0 aliphatic carbocycles. The lowest BCUT2D eigenvalue weighted by molar-refractivity contribution is -0.654. The van der Waals surface area contributed by atoms with Gasteiger partial charge in [-0.2, -0.15) is 0 Å². The molecule has 0 bridgehead atoms. The van der Waals surface area contributed by atoms with E-state index < -0.39 is 13.7 Å². The van der Waals surface area contributed by atoms with Gasteiger partial charge in [-0.15, -0.1) is 0 Å². The van der Waals surface area contributed by atoms with E-state index in [1.165, 1.54) is 0 Å². The summed E-state index contributed by atoms with van der Waals surface area (Å²) < 4.78 is 54.8. The van der Waals surface area contributed by atoms with Crippen molar-refractivity contribution in [3.8, 4) is 0 Å². The van der Waals surface area contributed by atoms with Crippen LogP contribution in [0.15, 0.2) is 53.2 Å². The van der Waals surface area contributed by atoms with Crippen LogP contribution in [0.5, 0.6) is 0 Å². The van der Waals surface area contributed by atoms with E-state index in [1.807, 2.05) is 24.3 Å². The molecule has 1 aromatic carbocycles. The third-order valence-electron chi connectivity index (χ3n) is 4.33. The second-order valence-electron chi connectivity index (χ2n) is 5.90. The van der Waals surface area contributed by atoms with Crippen molar-refractivity contribution in [3.63, 3.8) is 0 Å². The zero-order valence-corrected chi connectivity index (χ0v) is 13.0. The van der Waals surface area contributed by atoms with E-state index in [-0.39, 0.29) is 18.0 Å². The first-order valence-electron chi connectivity index (χ1n) is 10.4. The molecular weight excluding hydrogens is 283 g/mol. The molecule has 2 aromatic heterocycles. The molecule has 1 aliphatic heterocycles. The molecule has 1 aliphatic rings. The molecule has 0 atom stereocenters. The number of hydrogen-bond donors (Lipinski definition) is 0. The normalized spacial score (nSPS) is 19.1. The molecule has 3 aromatic rings. The smallest absolute Gasteiger partial charge is 0.443 e. The predicted octanol–water partition coefficient (Wildman–Crippen LogP) is 1.98. The minimum absolute atomic E-state index is 0.234. The minimum atomic E-state index is -2.30. The Morgan fingerprint density at radius 3 is 2.83 bits per heavy atom. The van der Waals surface area contributed by atoms with Gasteiger partial charge in [0.15, 0.2) is 11.8 Å². The summed E-state index contributed by atoms with van der Waals surface area (Å²) in [6.45, 7) is -4.89. The molecule has 0 saturated carbocycles. The first-order valence-corrected chi connectivity index (χ1v) is 7.44. The van der Waals surface area contributed by atoms with Gasteiger partial charge < -0.3 is 9.23 Å². The van der Waals surface area contributed by atoms with Crippen molar-refractivity contribution in [2.45, 2.75) is 13.7 Å². The first-order chi connectivity index (χ1) is 13.5. The van der Waals surface area contributed by atoms with Crippen molar-refractivity contribution in [2.24, 2.45) is 7.05 Å². The second-order valence-corrected chi connectivity index (χ2v) is 5.90. The van der Waals surface area contributed by atoms with Gasteiger partial charge in [0, 0.05) is 24.7 Å². The standard InChI is InChI=1S/C19H20BN2O/c1-13-9-10-17(21(3)11-13)20-19-18(14(2)12-22(20)4)15-7-5-6-8-16(15)23-19/h5-12H,1-4H3/q+1/i1D3,2D3. The average Bonchev–Trinajstić information content (AvgIpc) is 2.99. The monoisotopic (exact) mass is 309 g/mol. The summed E-state index contributed by atoms with van der Waals surface area (Å²) in [5, 5.41) is 0.754. The third kappa shape index (κ3) is 2.09. The lowest BCUT2D eigenvalue weighted by atomic mass is 9.52. The highest BCUT2D eigenvalue weighted by Crippen LogP contribution is 2.28. The molecule has 0 unspecified atom stereocenters. The van der Waals surface area contributed by atoms with Crippen LogP contribution in [-0.4, -0.2) is 18.7 Å². The Kier molecular flexibility index (Phi) is 1.96. The number of hydrogen-bond acceptors (Lipinski definition) is 2. The van der Waals surface area contributed by atoms with Crippen LogP contribution in [-0.2, 0) is 7.05 Å². The fraction of sp³-hybridized carbons (Fsp3) is 0.211. The number of nitrogens with zero attached hydrogens (tertiary/aromatic N) is 2. The van der Waals surface area contributed by atoms with Gasteiger partial charge in [-0.3, -0.25) is 0 Å². The number of aromatic nitrogens is 1. The van der Waals surface area contributed by atoms with Crippen molar-refractivity contribution in [3.05, 3.63) is 59.9 Å². The molecule has 114 valence electrons. The summed E-state index contributed by atoms with van der Waals surface area (Å²) in [6.07, 6.45) is 3.22. The molecule has 0 amide bonds. The number of furan rings is 1. The number of benzene rings is 1. The fourth-order valence-electron chi connectivity index (χ4n) is 3.31. The zero-order chi connectivity index (χ0) is 21.1. The van der Waals surface area contributed by atoms with E-state index in [0.29, 0.717) is 16.8 Å². The van der Waals surface area contributed by atoms with Crippen molar-refractivity contribution in [1.82, 2.24) is 4.81 Å². The molecule has 4 rings (SSSR count). The minimum Gasteiger partial charge on any atom is -0.467 e. The van der Waals surface area contributed by atoms with Crippen LogP contribution in [0.2, 0.25) is 0 Å². The number of allylic oxidation sites excluding steroid dienone is 1. The Balaban J connectivity index is 1.95. The SMILES string of the molecule is [2H]C([2H])([2H])C1=CN(C)B(c2ccc(C([2H])([2H])[2H])c[n+]2C)c2oc3ccccc3c21. The fourth-order valence-corrected chi connectivity index (χ4v) is 3.31. The number of aryl methyl sites for hydroxylation is 2. The highest BCUT2D eigenvalue weighted by Gasteiger charge is 2.40. The quantitative estimate of drug-likeness (QED) is 0.506. The summed E-state index contributed by atoms with van der Waals surface area (Å²) >= 11 is 0. The van der Waals surface area contributed by atoms with Gasteiger partial charge in [-0.05, 0) is 50.7 Å². The summed E-state index contributed by atoms with van der Waals surface area (Å²) in [4.78, 5) is 1.80. The molecule has 0 fully saturated rings. The Labute approximate surface area is 145 Å². The van der Waals surface area contributed by atoms with E-state index in [1.54, 1.807) is 48.0 Å². The molecule has 4 heteroatoms. The Bertz CT molecular complexity index is 1130. The lowest BCUT2D eigenvalue weighted by Crippen LogP contribution is -2.65. The number of fused-ring (bicyclic) bond motifs is 3. The largest absolute Gasteiger partial charge is 0.467 e. The van der Waals surface area contributed by atoms with Crippen LogP contribution in [0.4, 0.5) is 0 Å². The van der Waals surface area contributed by atoms with Crippen molar-refractivity contribution in [1.29, 1.82) is 0 Å². The van der Waals surface area contributed by atoms with Crippen molar-refractivity contribution in [2.75, 3.05) is 7.05 Å². The number of para-hydroxylation sites is 1. The molecule has 0 saturated heterocycles. The number of pyridine rings is 1. The van der Waals surface area contributed by atoms with Gasteiger partial charge in [0.25, 0.3) is 0 Å². The van der Waals surface area contributed by atoms with Crippen LogP contribution >= 0.6 is 0 Å². The Morgan fingerprint density at radius 2 is 2.04 bits per heavy atom. The zero-order valence-electron chi connectivity index (χ0n) is 19.0. The van der Waals surface area contributed by atoms with E-state index in [0.717, 1.165) is 11.0 Å². The molecule has 23 heavy (non-hydrogen) atoms. The van der Waals surface area contributed by atoms with E-state index >= 15 is 0 Å². The molecular formula is C19H20BN2O+. The average molecular weight is 309 g/mol. The molecule has 0 radical (unpaired) electrons. The highest BCUT2D eigenvalue weighted by atomic mass is 16.3. The topological polar surface area (TPSA) is 20.3 Å². The van der Waals surface area contributed by atoms with Crippen LogP contribution < -0.4 is 15.8 Å². The molecule has 0 N–H and O–H groups in total. The summed E-state index contributed by atoms with van der Waals surface area (Å²) in [6, 6.07) is 10.7. The first kappa shape index (κ1) is 8.97. The highest BCUT2D eigenvalue weighted by molar-refractivity contribution is 6.82. The van der Waals surface area contributed by atoms with Crippen LogP contribution in [0, 0.1) is 6.85 Å². The summed E-state index contributed by atoms with van der Waals surface area (Å²) in [5.41, 5.74) is 3.02. The maximum Gasteiger partial charge on any atom is 0.443 e. The van der Waals surface area contributed by atoms with E-state index in [2.05, 4.69) is 0 Å². The van der Waals surface area contributed by atoms with Crippen LogP contribution in [0.1, 0.15) is 26.2 Å². The predicted molar refractivity (Wildman–Crippen MR) is 95.0 cm³/mol. The van der Waals surface area contributed by atoms with Gasteiger partial charge in [-0.25, -0.2) is 4.57 Å². The van der Waals surface area contributed by atoms with E-state index in [9.17, 15) is 0 Å². The summed E-state index contributed by atoms with van der Waals surface area (Å²) in [7, 11) is 3.58. The number of rotatable bonds is 1. The Morgan fingerprint density at radius 1 is 1.17 bits per heavy atom. The molecule has 0 spiro atoms. The van der Waals surface area contributed by atoms with E-state index in [4.69, 9.17) is 12.6 Å². The van der Waals surface area contributed by atoms with Crippen molar-refractivity contribution < 1.29 is 17.2 Å². The maximum absolute atomic E-state index is 8.00. The van der Waals surface area contributed by atoms with Crippen molar-refractivity contribution >= 4 is 34.6 Å². The van der Waals surface area contributed by atoms with Crippen LogP contribution in [0.25, 0.3) is 16.5 Å². The summed E-state index contributed by atoms with van der Waals surface area (Å²) in [5.74, 6) is 0. The molecule has 3 nitrogen and oxygen atoms in total. The lowest BCUT2D eigenvalue weighted by Gasteiger charge is -2.26. The maximum atomic E-state index is 8.00. The van der Waals surface area contributed by atoms with Gasteiger partial charge in [0.2, 0.25) is 0 Å². The van der Waals surface area contributed by atoms with Gasteiger partial charge in [-0.1, -0.05) is 18.2 Å². The third-order valence-corrected chi connectivity index (χ3v) is 4.33. The van der Waals surface area contributed by atoms with Gasteiger partial charge in [0.1, 0.15) is 18.3 Å². The van der Waals surface area contributed by atoms with Gasteiger partial charge >= 0.3 is 6.85 Å². The van der Waals surface area contributed by atoms with Crippen LogP contribution in [0.3, 0.4) is 0 Å². The molecule has 3 heterocycles. The Hall–Kier alpha value is -2.49. The van der Waals surface area contributed by atoms with Gasteiger partial charge in [0.05, 0.1) is 0 Å².